The molecule has 0 bridgehead atoms. The van der Waals surface area contributed by atoms with Crippen LogP contribution in [0.15, 0.2) is 30.3 Å². The average Bonchev–Trinajstić information content (AvgIpc) is 2.86. The zero-order valence-electron chi connectivity index (χ0n) is 12.0. The number of carbonyl (C=O) groups excluding carboxylic acids is 1. The van der Waals surface area contributed by atoms with Crippen molar-refractivity contribution >= 4 is 11.9 Å². The SMILES string of the molecule is CCc1cc(C(=O)NCc2ccc(C(=O)O)cc2)n(C)n1. The molecule has 2 aromatic rings. The molecule has 0 unspecified atom stereocenters. The van der Waals surface area contributed by atoms with Crippen molar-refractivity contribution in [1.29, 1.82) is 0 Å². The number of aromatic carboxylic acids is 1. The number of carboxylic acids is 1. The molecule has 0 aliphatic rings. The van der Waals surface area contributed by atoms with Gasteiger partial charge in [-0.1, -0.05) is 19.1 Å². The molecule has 2 N–H and O–H groups in total. The van der Waals surface area contributed by atoms with Crippen molar-refractivity contribution in [3.8, 4) is 0 Å². The largest absolute Gasteiger partial charge is 0.478 e. The van der Waals surface area contributed by atoms with Crippen molar-refractivity contribution in [3.05, 3.63) is 52.8 Å². The summed E-state index contributed by atoms with van der Waals surface area (Å²) in [4.78, 5) is 22.8. The molecule has 6 heteroatoms. The number of nitrogens with zero attached hydrogens (tertiary/aromatic N) is 2. The van der Waals surface area contributed by atoms with Crippen molar-refractivity contribution in [2.45, 2.75) is 19.9 Å². The highest BCUT2D eigenvalue weighted by Crippen LogP contribution is 2.06. The first-order valence-electron chi connectivity index (χ1n) is 6.64. The van der Waals surface area contributed by atoms with Crippen molar-refractivity contribution in [2.24, 2.45) is 7.05 Å². The Bertz CT molecular complexity index is 659. The molecule has 0 aliphatic heterocycles. The van der Waals surface area contributed by atoms with Gasteiger partial charge in [-0.15, -0.1) is 0 Å². The normalized spacial score (nSPS) is 10.4. The number of rotatable bonds is 5. The van der Waals surface area contributed by atoms with Gasteiger partial charge in [0, 0.05) is 13.6 Å². The average molecular weight is 287 g/mol. The first kappa shape index (κ1) is 14.8. The van der Waals surface area contributed by atoms with E-state index in [0.717, 1.165) is 17.7 Å². The Morgan fingerprint density at radius 1 is 1.29 bits per heavy atom. The van der Waals surface area contributed by atoms with Gasteiger partial charge in [-0.25, -0.2) is 4.79 Å². The van der Waals surface area contributed by atoms with Crippen LogP contribution >= 0.6 is 0 Å². The smallest absolute Gasteiger partial charge is 0.335 e. The van der Waals surface area contributed by atoms with Crippen molar-refractivity contribution in [3.63, 3.8) is 0 Å². The minimum absolute atomic E-state index is 0.202. The Labute approximate surface area is 122 Å². The van der Waals surface area contributed by atoms with E-state index in [4.69, 9.17) is 5.11 Å². The molecule has 0 atom stereocenters. The van der Waals surface area contributed by atoms with Crippen molar-refractivity contribution in [1.82, 2.24) is 15.1 Å². The summed E-state index contributed by atoms with van der Waals surface area (Å²) in [6.45, 7) is 2.32. The highest BCUT2D eigenvalue weighted by Gasteiger charge is 2.12. The Morgan fingerprint density at radius 3 is 2.48 bits per heavy atom. The fourth-order valence-corrected chi connectivity index (χ4v) is 1.95. The summed E-state index contributed by atoms with van der Waals surface area (Å²) in [5.74, 6) is -1.17. The van der Waals surface area contributed by atoms with E-state index in [0.29, 0.717) is 12.2 Å². The van der Waals surface area contributed by atoms with Gasteiger partial charge >= 0.3 is 5.97 Å². The summed E-state index contributed by atoms with van der Waals surface area (Å²) in [6, 6.07) is 8.17. The molecule has 110 valence electrons. The molecule has 0 aliphatic carbocycles. The second-order valence-corrected chi connectivity index (χ2v) is 4.68. The van der Waals surface area contributed by atoms with E-state index >= 15 is 0 Å². The van der Waals surface area contributed by atoms with Gasteiger partial charge < -0.3 is 10.4 Å². The summed E-state index contributed by atoms with van der Waals surface area (Å²) in [7, 11) is 1.73. The zero-order chi connectivity index (χ0) is 15.4. The van der Waals surface area contributed by atoms with E-state index in [2.05, 4.69) is 10.4 Å². The highest BCUT2D eigenvalue weighted by molar-refractivity contribution is 5.92. The third-order valence-corrected chi connectivity index (χ3v) is 3.18. The molecule has 21 heavy (non-hydrogen) atoms. The van der Waals surface area contributed by atoms with Gasteiger partial charge in [-0.2, -0.15) is 5.10 Å². The maximum atomic E-state index is 12.1. The maximum Gasteiger partial charge on any atom is 0.335 e. The van der Waals surface area contributed by atoms with Crippen LogP contribution in [-0.2, 0) is 20.0 Å². The summed E-state index contributed by atoms with van der Waals surface area (Å²) in [5.41, 5.74) is 2.44. The number of carboxylic acid groups (broad SMARTS) is 1. The number of benzene rings is 1. The van der Waals surface area contributed by atoms with E-state index in [-0.39, 0.29) is 11.5 Å². The molecule has 0 spiro atoms. The lowest BCUT2D eigenvalue weighted by molar-refractivity contribution is 0.0696. The number of nitrogens with one attached hydrogen (secondary N) is 1. The number of carbonyl (C=O) groups is 2. The quantitative estimate of drug-likeness (QED) is 0.875. The molecule has 0 saturated carbocycles. The van der Waals surface area contributed by atoms with Gasteiger partial charge in [0.2, 0.25) is 0 Å². The predicted octanol–water partition coefficient (Wildman–Crippen LogP) is 1.61. The molecular formula is C15H17N3O3. The van der Waals surface area contributed by atoms with Crippen LogP contribution in [0.4, 0.5) is 0 Å². The number of hydrogen-bond acceptors (Lipinski definition) is 3. The molecule has 1 aromatic heterocycles. The molecular weight excluding hydrogens is 270 g/mol. The van der Waals surface area contributed by atoms with Gasteiger partial charge in [-0.05, 0) is 30.2 Å². The number of aromatic nitrogens is 2. The fourth-order valence-electron chi connectivity index (χ4n) is 1.95. The molecule has 1 amide bonds. The highest BCUT2D eigenvalue weighted by atomic mass is 16.4. The van der Waals surface area contributed by atoms with E-state index in [1.54, 1.807) is 29.9 Å². The van der Waals surface area contributed by atoms with E-state index < -0.39 is 5.97 Å². The second kappa shape index (κ2) is 6.21. The van der Waals surface area contributed by atoms with Crippen LogP contribution in [-0.4, -0.2) is 26.8 Å². The standard InChI is InChI=1S/C15H17N3O3/c1-3-12-8-13(18(2)17-12)14(19)16-9-10-4-6-11(7-5-10)15(20)21/h4-8H,3,9H2,1-2H3,(H,16,19)(H,20,21). The Kier molecular flexibility index (Phi) is 4.37. The van der Waals surface area contributed by atoms with E-state index in [9.17, 15) is 9.59 Å². The number of hydrogen-bond donors (Lipinski definition) is 2. The molecule has 2 rings (SSSR count). The monoisotopic (exact) mass is 287 g/mol. The minimum Gasteiger partial charge on any atom is -0.478 e. The van der Waals surface area contributed by atoms with E-state index in [1.807, 2.05) is 6.92 Å². The first-order valence-corrected chi connectivity index (χ1v) is 6.64. The predicted molar refractivity (Wildman–Crippen MR) is 77.2 cm³/mol. The number of aryl methyl sites for hydroxylation is 2. The lowest BCUT2D eigenvalue weighted by Gasteiger charge is -2.05. The van der Waals surface area contributed by atoms with Crippen LogP contribution in [0.25, 0.3) is 0 Å². The van der Waals surface area contributed by atoms with Crippen LogP contribution in [0.1, 0.15) is 39.0 Å². The Balaban J connectivity index is 2.00. The Morgan fingerprint density at radius 2 is 1.95 bits per heavy atom. The van der Waals surface area contributed by atoms with Gasteiger partial charge in [0.15, 0.2) is 0 Å². The summed E-state index contributed by atoms with van der Waals surface area (Å²) in [5, 5.41) is 15.8. The molecule has 1 aromatic carbocycles. The molecule has 6 nitrogen and oxygen atoms in total. The minimum atomic E-state index is -0.965. The lowest BCUT2D eigenvalue weighted by atomic mass is 10.1. The molecule has 0 fully saturated rings. The van der Waals surface area contributed by atoms with Gasteiger partial charge in [0.1, 0.15) is 5.69 Å². The van der Waals surface area contributed by atoms with Crippen LogP contribution in [0.3, 0.4) is 0 Å². The first-order chi connectivity index (χ1) is 10.0. The molecule has 1 heterocycles. The van der Waals surface area contributed by atoms with Gasteiger partial charge in [0.25, 0.3) is 5.91 Å². The third kappa shape index (κ3) is 3.47. The summed E-state index contributed by atoms with van der Waals surface area (Å²) < 4.78 is 1.56. The lowest BCUT2D eigenvalue weighted by Crippen LogP contribution is -2.25. The Hall–Kier alpha value is -2.63. The topological polar surface area (TPSA) is 84.2 Å². The van der Waals surface area contributed by atoms with Crippen LogP contribution in [0, 0.1) is 0 Å². The summed E-state index contributed by atoms with van der Waals surface area (Å²) >= 11 is 0. The van der Waals surface area contributed by atoms with Crippen LogP contribution < -0.4 is 5.32 Å². The fraction of sp³-hybridized carbons (Fsp3) is 0.267. The molecule has 0 radical (unpaired) electrons. The van der Waals surface area contributed by atoms with Crippen LogP contribution in [0.2, 0.25) is 0 Å². The summed E-state index contributed by atoms with van der Waals surface area (Å²) in [6.07, 6.45) is 0.776. The third-order valence-electron chi connectivity index (χ3n) is 3.18. The van der Waals surface area contributed by atoms with Crippen molar-refractivity contribution in [2.75, 3.05) is 0 Å². The zero-order valence-corrected chi connectivity index (χ0v) is 12.0. The second-order valence-electron chi connectivity index (χ2n) is 4.68. The van der Waals surface area contributed by atoms with Crippen molar-refractivity contribution < 1.29 is 14.7 Å². The molecule has 0 saturated heterocycles. The van der Waals surface area contributed by atoms with Crippen LogP contribution in [0.5, 0.6) is 0 Å². The number of amides is 1. The maximum absolute atomic E-state index is 12.1. The van der Waals surface area contributed by atoms with Gasteiger partial charge in [-0.3, -0.25) is 9.48 Å². The van der Waals surface area contributed by atoms with Gasteiger partial charge in [0.05, 0.1) is 11.3 Å². The van der Waals surface area contributed by atoms with E-state index in [1.165, 1.54) is 12.1 Å².